The lowest BCUT2D eigenvalue weighted by Crippen LogP contribution is -2.39. The van der Waals surface area contributed by atoms with Gasteiger partial charge in [-0.2, -0.15) is 10.2 Å². The molecule has 4 amide bonds. The number of esters is 1. The topological polar surface area (TPSA) is 208 Å². The second-order valence-electron chi connectivity index (χ2n) is 16.8. The summed E-state index contributed by atoms with van der Waals surface area (Å²) in [4.78, 5) is 78.9. The molecule has 6 aromatic rings. The zero-order chi connectivity index (χ0) is 52.2. The third-order valence-electron chi connectivity index (χ3n) is 12.4. The van der Waals surface area contributed by atoms with Gasteiger partial charge in [0.15, 0.2) is 11.4 Å². The zero-order valence-electron chi connectivity index (χ0n) is 41.1. The summed E-state index contributed by atoms with van der Waals surface area (Å²) in [6.45, 7) is 5.88. The van der Waals surface area contributed by atoms with Crippen LogP contribution < -0.4 is 29.5 Å². The standard InChI is InChI=1S/C25H24N4O5.C16H17N3O4.C11H12INO.CH3B/c1-34-19-11-9-18(10-12-19)29-23-20(22(26-29)25(32)33)13-15-28(24(23)31)17-7-5-16(6-8-17)27-14-3-2-4-21(27)30;1-3-23-16(21)13-12-8-9-17-15(20)14(12)19(18-13)10-4-6-11(22-2)7-5-10;12-9-4-6-10(7-5-9)13-8-2-1-3-11(13)14;1-2/h5-12H,2-4,13-15H2,1H3,(H,32,33);4-7H,3,8-9H2,1-2H3,(H,17,20);4-7H,1-3,8H2;1H3. The van der Waals surface area contributed by atoms with Crippen LogP contribution in [0.5, 0.6) is 11.5 Å². The molecule has 2 aromatic heterocycles. The Morgan fingerprint density at radius 3 is 1.53 bits per heavy atom. The van der Waals surface area contributed by atoms with E-state index in [1.165, 1.54) is 19.8 Å². The minimum Gasteiger partial charge on any atom is -0.497 e. The van der Waals surface area contributed by atoms with Crippen LogP contribution in [0.1, 0.15) is 98.5 Å². The number of aromatic nitrogens is 4. The number of ether oxygens (including phenoxy) is 3. The highest BCUT2D eigenvalue weighted by Crippen LogP contribution is 2.32. The molecule has 18 nitrogen and oxygen atoms in total. The van der Waals surface area contributed by atoms with Crippen molar-refractivity contribution < 1.29 is 48.1 Å². The Hall–Kier alpha value is -7.49. The summed E-state index contributed by atoms with van der Waals surface area (Å²) in [6.07, 6.45) is 6.22. The van der Waals surface area contributed by atoms with Crippen LogP contribution >= 0.6 is 22.6 Å². The normalized spacial score (nSPS) is 14.9. The molecule has 2 radical (unpaired) electrons. The van der Waals surface area contributed by atoms with Crippen LogP contribution in [0.3, 0.4) is 0 Å². The molecule has 10 rings (SSSR count). The number of carbonyl (C=O) groups is 6. The molecule has 0 saturated carbocycles. The van der Waals surface area contributed by atoms with Crippen molar-refractivity contribution >= 4 is 83.1 Å². The van der Waals surface area contributed by atoms with Crippen LogP contribution in [-0.2, 0) is 27.2 Å². The Morgan fingerprint density at radius 1 is 0.603 bits per heavy atom. The van der Waals surface area contributed by atoms with Crippen LogP contribution in [0, 0.1) is 3.57 Å². The van der Waals surface area contributed by atoms with Crippen LogP contribution in [0.4, 0.5) is 17.1 Å². The predicted octanol–water partition coefficient (Wildman–Crippen LogP) is 7.65. The fourth-order valence-corrected chi connectivity index (χ4v) is 9.22. The molecule has 0 aliphatic carbocycles. The number of benzene rings is 4. The number of halogens is 1. The van der Waals surface area contributed by atoms with E-state index in [0.29, 0.717) is 90.7 Å². The van der Waals surface area contributed by atoms with Gasteiger partial charge in [-0.15, -0.1) is 0 Å². The fraction of sp³-hybridized carbons (Fsp3) is 0.321. The second-order valence-corrected chi connectivity index (χ2v) is 18.1. The number of anilines is 3. The number of rotatable bonds is 10. The average molecular weight is 1100 g/mol. The number of amides is 4. The van der Waals surface area contributed by atoms with Gasteiger partial charge in [0.2, 0.25) is 11.8 Å². The summed E-state index contributed by atoms with van der Waals surface area (Å²) < 4.78 is 19.5. The van der Waals surface area contributed by atoms with E-state index in [0.717, 1.165) is 43.6 Å². The van der Waals surface area contributed by atoms with E-state index in [1.807, 2.05) is 53.4 Å². The van der Waals surface area contributed by atoms with Gasteiger partial charge < -0.3 is 39.3 Å². The lowest BCUT2D eigenvalue weighted by molar-refractivity contribution is -0.120. The molecule has 4 aromatic carbocycles. The fourth-order valence-electron chi connectivity index (χ4n) is 8.86. The molecule has 4 aliphatic heterocycles. The lowest BCUT2D eigenvalue weighted by Gasteiger charge is -2.29. The molecular formula is C53H56BIN8O10. The first kappa shape index (κ1) is 53.3. The Bertz CT molecular complexity index is 2940. The molecule has 73 heavy (non-hydrogen) atoms. The first-order valence-electron chi connectivity index (χ1n) is 24.0. The smallest absolute Gasteiger partial charge is 0.359 e. The van der Waals surface area contributed by atoms with Crippen molar-refractivity contribution in [2.45, 2.75) is 65.1 Å². The number of aromatic carboxylic acids is 1. The van der Waals surface area contributed by atoms with E-state index in [1.54, 1.807) is 79.5 Å². The molecule has 6 heterocycles. The van der Waals surface area contributed by atoms with Gasteiger partial charge in [0.1, 0.15) is 22.9 Å². The molecule has 2 N–H and O–H groups in total. The zero-order valence-corrected chi connectivity index (χ0v) is 43.3. The number of hydrogen-bond acceptors (Lipinski definition) is 11. The molecule has 0 spiro atoms. The van der Waals surface area contributed by atoms with E-state index < -0.39 is 11.9 Å². The van der Waals surface area contributed by atoms with Crippen molar-refractivity contribution in [1.29, 1.82) is 0 Å². The maximum atomic E-state index is 13.6. The Labute approximate surface area is 438 Å². The quantitative estimate of drug-likeness (QED) is 0.0771. The molecule has 2 fully saturated rings. The van der Waals surface area contributed by atoms with E-state index >= 15 is 0 Å². The number of carbonyl (C=O) groups excluding carboxylic acids is 5. The number of hydrogen-bond donors (Lipinski definition) is 2. The second kappa shape index (κ2) is 24.8. The molecule has 0 unspecified atom stereocenters. The minimum absolute atomic E-state index is 0.113. The molecule has 20 heteroatoms. The summed E-state index contributed by atoms with van der Waals surface area (Å²) in [7, 11) is 7.64. The largest absolute Gasteiger partial charge is 0.497 e. The average Bonchev–Trinajstić information content (AvgIpc) is 4.02. The van der Waals surface area contributed by atoms with Crippen LogP contribution in [-0.4, -0.2) is 115 Å². The van der Waals surface area contributed by atoms with Gasteiger partial charge in [0.05, 0.1) is 40.0 Å². The van der Waals surface area contributed by atoms with Crippen molar-refractivity contribution in [2.75, 3.05) is 61.7 Å². The Morgan fingerprint density at radius 2 is 1.05 bits per heavy atom. The van der Waals surface area contributed by atoms with Gasteiger partial charge in [0, 0.05) is 70.8 Å². The maximum absolute atomic E-state index is 13.6. The van der Waals surface area contributed by atoms with E-state index in [4.69, 9.17) is 14.2 Å². The van der Waals surface area contributed by atoms with E-state index in [2.05, 4.69) is 46.0 Å². The highest BCUT2D eigenvalue weighted by molar-refractivity contribution is 14.1. The lowest BCUT2D eigenvalue weighted by atomic mass is 10.0. The highest BCUT2D eigenvalue weighted by Gasteiger charge is 2.36. The molecule has 4 aliphatic rings. The number of carboxylic acids is 1. The first-order chi connectivity index (χ1) is 35.4. The third kappa shape index (κ3) is 12.1. The van der Waals surface area contributed by atoms with Gasteiger partial charge in [0.25, 0.3) is 11.8 Å². The number of nitrogens with zero attached hydrogens (tertiary/aromatic N) is 7. The van der Waals surface area contributed by atoms with Crippen LogP contribution in [0.2, 0.25) is 6.82 Å². The molecule has 2 saturated heterocycles. The summed E-state index contributed by atoms with van der Waals surface area (Å²) in [5.41, 5.74) is 5.55. The number of piperidine rings is 2. The van der Waals surface area contributed by atoms with Crippen LogP contribution in [0.25, 0.3) is 11.4 Å². The van der Waals surface area contributed by atoms with Crippen molar-refractivity contribution in [1.82, 2.24) is 24.9 Å². The highest BCUT2D eigenvalue weighted by atomic mass is 127. The molecule has 0 bridgehead atoms. The van der Waals surface area contributed by atoms with E-state index in [9.17, 15) is 33.9 Å². The van der Waals surface area contributed by atoms with Gasteiger partial charge in [-0.05, 0) is 165 Å². The number of fused-ring (bicyclic) bond motifs is 2. The van der Waals surface area contributed by atoms with Gasteiger partial charge in [-0.3, -0.25) is 19.2 Å². The number of nitrogens with one attached hydrogen (secondary N) is 1. The monoisotopic (exact) mass is 1100 g/mol. The van der Waals surface area contributed by atoms with Gasteiger partial charge >= 0.3 is 11.9 Å². The summed E-state index contributed by atoms with van der Waals surface area (Å²) >= 11 is 2.27. The Balaban J connectivity index is 0.000000172. The van der Waals surface area contributed by atoms with Crippen molar-refractivity contribution in [3.05, 3.63) is 135 Å². The van der Waals surface area contributed by atoms with Gasteiger partial charge in [-0.1, -0.05) is 6.82 Å². The molecule has 0 atom stereocenters. The summed E-state index contributed by atoms with van der Waals surface area (Å²) in [5.74, 6) is -0.525. The first-order valence-corrected chi connectivity index (χ1v) is 25.1. The summed E-state index contributed by atoms with van der Waals surface area (Å²) in [5, 5.41) is 21.0. The third-order valence-corrected chi connectivity index (χ3v) is 13.2. The van der Waals surface area contributed by atoms with E-state index in [-0.39, 0.29) is 47.3 Å². The SMILES string of the molecule is CCOC(=O)c1nn(-c2ccc(OC)cc2)c2c1CCNC2=O.COc1ccc(-n2nc(C(=O)O)c3c2C(=O)N(c2ccc(N4CCCCC4=O)cc2)CC3)cc1.O=C1CCCCN1c1ccc(I)cc1.[B]C. The molecule has 378 valence electrons. The maximum Gasteiger partial charge on any atom is 0.359 e. The van der Waals surface area contributed by atoms with Crippen LogP contribution in [0.15, 0.2) is 97.1 Å². The van der Waals surface area contributed by atoms with Crippen molar-refractivity contribution in [3.8, 4) is 22.9 Å². The van der Waals surface area contributed by atoms with Gasteiger partial charge in [-0.25, -0.2) is 19.0 Å². The van der Waals surface area contributed by atoms with Crippen molar-refractivity contribution in [3.63, 3.8) is 0 Å². The molecular weight excluding hydrogens is 1050 g/mol. The van der Waals surface area contributed by atoms with Crippen molar-refractivity contribution in [2.24, 2.45) is 0 Å². The predicted molar refractivity (Wildman–Crippen MR) is 284 cm³/mol. The minimum atomic E-state index is -1.17. The number of methoxy groups -OCH3 is 2. The summed E-state index contributed by atoms with van der Waals surface area (Å²) in [6, 6.07) is 29.5. The number of carboxylic acid groups (broad SMARTS) is 1. The Kier molecular flexibility index (Phi) is 18.1.